The summed E-state index contributed by atoms with van der Waals surface area (Å²) in [6.07, 6.45) is 2.44. The smallest absolute Gasteiger partial charge is 0.154 e. The number of Topliss-reactive ketones (excluding diaryl/α,β-unsaturated/α-hetero) is 1. The maximum absolute atomic E-state index is 11.7. The molecule has 2 nitrogen and oxygen atoms in total. The third-order valence-corrected chi connectivity index (χ3v) is 3.65. The van der Waals surface area contributed by atoms with E-state index in [1.807, 2.05) is 25.1 Å². The number of hydrogen-bond acceptors (Lipinski definition) is 4. The highest BCUT2D eigenvalue weighted by Gasteiger charge is 2.40. The minimum absolute atomic E-state index is 0.0948. The number of hydrogen-bond donors (Lipinski definition) is 2. The van der Waals surface area contributed by atoms with Gasteiger partial charge in [-0.3, -0.25) is 4.79 Å². The Bertz CT molecular complexity index is 226. The van der Waals surface area contributed by atoms with Crippen LogP contribution in [0.4, 0.5) is 0 Å². The molecule has 1 heterocycles. The van der Waals surface area contributed by atoms with Crippen molar-refractivity contribution in [3.05, 3.63) is 6.42 Å². The molecular formula is C9H16NOS2. The Balaban J connectivity index is 2.87. The van der Waals surface area contributed by atoms with Gasteiger partial charge in [0, 0.05) is 18.5 Å². The van der Waals surface area contributed by atoms with Gasteiger partial charge in [0.05, 0.1) is 4.75 Å². The van der Waals surface area contributed by atoms with Crippen LogP contribution in [0.2, 0.25) is 0 Å². The van der Waals surface area contributed by atoms with Crippen LogP contribution in [-0.4, -0.2) is 26.9 Å². The number of thiol groups is 2. The SMILES string of the molecule is CC1(S)CCN(S)C(C)(C)[CH]C1=O. The number of nitrogens with zero attached hydrogens (tertiary/aromatic N) is 1. The molecule has 0 bridgehead atoms. The third kappa shape index (κ3) is 2.42. The Morgan fingerprint density at radius 3 is 2.54 bits per heavy atom. The lowest BCUT2D eigenvalue weighted by molar-refractivity contribution is -0.118. The molecule has 1 rings (SSSR count). The highest BCUT2D eigenvalue weighted by molar-refractivity contribution is 7.82. The zero-order valence-electron chi connectivity index (χ0n) is 8.24. The van der Waals surface area contributed by atoms with Crippen molar-refractivity contribution in [3.63, 3.8) is 0 Å². The van der Waals surface area contributed by atoms with Gasteiger partial charge in [0.25, 0.3) is 0 Å². The molecule has 1 fully saturated rings. The topological polar surface area (TPSA) is 20.3 Å². The number of ketones is 1. The van der Waals surface area contributed by atoms with Crippen molar-refractivity contribution in [1.82, 2.24) is 4.31 Å². The van der Waals surface area contributed by atoms with Crippen molar-refractivity contribution in [2.75, 3.05) is 6.54 Å². The van der Waals surface area contributed by atoms with Crippen LogP contribution in [0.5, 0.6) is 0 Å². The predicted octanol–water partition coefficient (Wildman–Crippen LogP) is 1.78. The van der Waals surface area contributed by atoms with E-state index in [2.05, 4.69) is 25.4 Å². The second kappa shape index (κ2) is 3.48. The molecule has 0 aliphatic carbocycles. The number of carbonyl (C=O) groups excluding carboxylic acids is 1. The fourth-order valence-corrected chi connectivity index (χ4v) is 1.61. The number of carbonyl (C=O) groups is 1. The first-order valence-electron chi connectivity index (χ1n) is 4.35. The van der Waals surface area contributed by atoms with Gasteiger partial charge in [-0.2, -0.15) is 12.6 Å². The summed E-state index contributed by atoms with van der Waals surface area (Å²) >= 11 is 8.70. The monoisotopic (exact) mass is 218 g/mol. The van der Waals surface area contributed by atoms with Gasteiger partial charge in [-0.05, 0) is 27.2 Å². The summed E-state index contributed by atoms with van der Waals surface area (Å²) in [7, 11) is 0. The second-order valence-electron chi connectivity index (χ2n) is 4.31. The van der Waals surface area contributed by atoms with Crippen molar-refractivity contribution in [1.29, 1.82) is 0 Å². The second-order valence-corrected chi connectivity index (χ2v) is 5.78. The molecule has 1 aliphatic heterocycles. The van der Waals surface area contributed by atoms with Crippen LogP contribution in [-0.2, 0) is 4.79 Å². The third-order valence-electron chi connectivity index (χ3n) is 2.49. The first kappa shape index (κ1) is 11.4. The van der Waals surface area contributed by atoms with E-state index in [0.717, 1.165) is 13.0 Å². The molecule has 75 valence electrons. The standard InChI is InChI=1S/C9H16NOS2/c1-8(2)6-7(11)9(3,12)4-5-10(8)13/h6,12-13H,4-5H2,1-3H3. The van der Waals surface area contributed by atoms with E-state index in [0.29, 0.717) is 0 Å². The minimum Gasteiger partial charge on any atom is -0.298 e. The first-order chi connectivity index (χ1) is 5.76. The Kier molecular flexibility index (Phi) is 3.05. The van der Waals surface area contributed by atoms with Gasteiger partial charge in [0.1, 0.15) is 0 Å². The van der Waals surface area contributed by atoms with Crippen LogP contribution in [0.1, 0.15) is 27.2 Å². The Morgan fingerprint density at radius 1 is 1.46 bits per heavy atom. The highest BCUT2D eigenvalue weighted by Crippen LogP contribution is 2.32. The summed E-state index contributed by atoms with van der Waals surface area (Å²) in [4.78, 5) is 11.7. The van der Waals surface area contributed by atoms with E-state index in [-0.39, 0.29) is 11.3 Å². The molecule has 0 aromatic carbocycles. The molecule has 1 aliphatic rings. The van der Waals surface area contributed by atoms with Crippen molar-refractivity contribution in [3.8, 4) is 0 Å². The Labute approximate surface area is 91.0 Å². The Morgan fingerprint density at radius 2 is 2.00 bits per heavy atom. The van der Waals surface area contributed by atoms with Crippen LogP contribution in [0.25, 0.3) is 0 Å². The van der Waals surface area contributed by atoms with E-state index in [1.54, 1.807) is 6.42 Å². The van der Waals surface area contributed by atoms with Crippen LogP contribution in [0.3, 0.4) is 0 Å². The molecule has 1 radical (unpaired) electrons. The highest BCUT2D eigenvalue weighted by atomic mass is 32.1. The molecule has 0 spiro atoms. The molecule has 0 aromatic heterocycles. The van der Waals surface area contributed by atoms with Crippen molar-refractivity contribution in [2.45, 2.75) is 37.5 Å². The summed E-state index contributed by atoms with van der Waals surface area (Å²) in [6, 6.07) is 0. The Hall–Kier alpha value is 0.330. The molecule has 0 amide bonds. The van der Waals surface area contributed by atoms with E-state index >= 15 is 0 Å². The molecule has 0 aromatic rings. The van der Waals surface area contributed by atoms with Gasteiger partial charge in [-0.15, -0.1) is 0 Å². The average Bonchev–Trinajstić information content (AvgIpc) is 2.03. The molecule has 13 heavy (non-hydrogen) atoms. The normalized spacial score (nSPS) is 35.9. The first-order valence-corrected chi connectivity index (χ1v) is 5.20. The van der Waals surface area contributed by atoms with Crippen molar-refractivity contribution < 1.29 is 4.79 Å². The van der Waals surface area contributed by atoms with Gasteiger partial charge in [-0.1, -0.05) is 12.8 Å². The van der Waals surface area contributed by atoms with Crippen molar-refractivity contribution in [2.24, 2.45) is 0 Å². The fraction of sp³-hybridized carbons (Fsp3) is 0.778. The van der Waals surface area contributed by atoms with Crippen LogP contribution < -0.4 is 0 Å². The summed E-state index contributed by atoms with van der Waals surface area (Å²) < 4.78 is 1.35. The molecule has 1 atom stereocenters. The largest absolute Gasteiger partial charge is 0.298 e. The minimum atomic E-state index is -0.533. The lowest BCUT2D eigenvalue weighted by Crippen LogP contribution is -2.39. The molecule has 0 N–H and O–H groups in total. The van der Waals surface area contributed by atoms with Crippen LogP contribution in [0, 0.1) is 6.42 Å². The summed E-state index contributed by atoms with van der Waals surface area (Å²) in [5.41, 5.74) is -0.277. The zero-order chi connectivity index (χ0) is 10.3. The molecule has 4 heteroatoms. The lowest BCUT2D eigenvalue weighted by Gasteiger charge is -2.30. The van der Waals surface area contributed by atoms with Gasteiger partial charge < -0.3 is 0 Å². The average molecular weight is 218 g/mol. The van der Waals surface area contributed by atoms with Gasteiger partial charge in [0.15, 0.2) is 5.78 Å². The maximum atomic E-state index is 11.7. The van der Waals surface area contributed by atoms with Gasteiger partial charge >= 0.3 is 0 Å². The maximum Gasteiger partial charge on any atom is 0.154 e. The molecule has 1 unspecified atom stereocenters. The lowest BCUT2D eigenvalue weighted by atomic mass is 9.93. The summed E-state index contributed by atoms with van der Waals surface area (Å²) in [5, 5.41) is 0. The van der Waals surface area contributed by atoms with Crippen LogP contribution >= 0.6 is 25.4 Å². The predicted molar refractivity (Wildman–Crippen MR) is 61.1 cm³/mol. The van der Waals surface area contributed by atoms with Crippen molar-refractivity contribution >= 4 is 31.2 Å². The summed E-state index contributed by atoms with van der Waals surface area (Å²) in [6.45, 7) is 6.59. The van der Waals surface area contributed by atoms with Crippen LogP contribution in [0.15, 0.2) is 0 Å². The van der Waals surface area contributed by atoms with E-state index in [9.17, 15) is 4.79 Å². The molecular weight excluding hydrogens is 202 g/mol. The van der Waals surface area contributed by atoms with E-state index < -0.39 is 4.75 Å². The molecule has 0 saturated carbocycles. The van der Waals surface area contributed by atoms with E-state index in [4.69, 9.17) is 0 Å². The molecule has 1 saturated heterocycles. The van der Waals surface area contributed by atoms with Gasteiger partial charge in [-0.25, -0.2) is 4.31 Å². The number of rotatable bonds is 0. The summed E-state index contributed by atoms with van der Waals surface area (Å²) in [5.74, 6) is 0.0948. The fourth-order valence-electron chi connectivity index (χ4n) is 1.29. The van der Waals surface area contributed by atoms with E-state index in [1.165, 1.54) is 0 Å². The van der Waals surface area contributed by atoms with Gasteiger partial charge in [0.2, 0.25) is 0 Å². The quantitative estimate of drug-likeness (QED) is 0.604. The zero-order valence-corrected chi connectivity index (χ0v) is 10.0.